The average molecular weight is 224 g/mol. The van der Waals surface area contributed by atoms with Crippen LogP contribution in [0.5, 0.6) is 0 Å². The topological polar surface area (TPSA) is 86.2 Å². The van der Waals surface area contributed by atoms with Gasteiger partial charge in [0.1, 0.15) is 6.26 Å². The molecule has 1 aromatic heterocycles. The highest BCUT2D eigenvalue weighted by Gasteiger charge is 2.20. The molecule has 0 atom stereocenters. The summed E-state index contributed by atoms with van der Waals surface area (Å²) in [6.45, 7) is 0. The number of rotatable bonds is 2. The number of anilines is 1. The zero-order valence-electron chi connectivity index (χ0n) is 7.62. The third-order valence-electron chi connectivity index (χ3n) is 1.88. The van der Waals surface area contributed by atoms with Crippen LogP contribution in [0.15, 0.2) is 51.0 Å². The van der Waals surface area contributed by atoms with Gasteiger partial charge in [-0.25, -0.2) is 8.42 Å². The third-order valence-corrected chi connectivity index (χ3v) is 3.53. The Bertz CT molecular complexity index is 544. The molecule has 0 saturated heterocycles. The maximum absolute atomic E-state index is 11.8. The predicted octanol–water partition coefficient (Wildman–Crippen LogP) is 1.09. The van der Waals surface area contributed by atoms with E-state index >= 15 is 0 Å². The van der Waals surface area contributed by atoms with E-state index in [0.29, 0.717) is 5.69 Å². The highest BCUT2D eigenvalue weighted by Crippen LogP contribution is 2.19. The highest BCUT2D eigenvalue weighted by molar-refractivity contribution is 7.91. The van der Waals surface area contributed by atoms with Crippen LogP contribution in [0.4, 0.5) is 5.69 Å². The van der Waals surface area contributed by atoms with Crippen LogP contribution < -0.4 is 5.73 Å². The molecule has 15 heavy (non-hydrogen) atoms. The fourth-order valence-corrected chi connectivity index (χ4v) is 2.22. The van der Waals surface area contributed by atoms with Gasteiger partial charge < -0.3 is 10.3 Å². The molecule has 1 aromatic carbocycles. The molecule has 0 saturated carbocycles. The minimum atomic E-state index is -3.57. The Balaban J connectivity index is 2.52. The van der Waals surface area contributed by atoms with Crippen LogP contribution in [0.25, 0.3) is 0 Å². The van der Waals surface area contributed by atoms with Crippen LogP contribution in [0.3, 0.4) is 0 Å². The predicted molar refractivity (Wildman–Crippen MR) is 52.8 cm³/mol. The molecule has 2 aromatic rings. The van der Waals surface area contributed by atoms with Crippen molar-refractivity contribution in [3.05, 3.63) is 36.6 Å². The zero-order valence-corrected chi connectivity index (χ0v) is 8.44. The first-order valence-corrected chi connectivity index (χ1v) is 5.60. The van der Waals surface area contributed by atoms with E-state index in [-0.39, 0.29) is 9.92 Å². The first-order valence-electron chi connectivity index (χ1n) is 4.12. The lowest BCUT2D eigenvalue weighted by Crippen LogP contribution is -2.02. The second-order valence-electron chi connectivity index (χ2n) is 2.91. The van der Waals surface area contributed by atoms with Crippen LogP contribution in [-0.4, -0.2) is 13.6 Å². The monoisotopic (exact) mass is 224 g/mol. The Morgan fingerprint density at radius 1 is 1.13 bits per heavy atom. The van der Waals surface area contributed by atoms with Crippen molar-refractivity contribution in [2.24, 2.45) is 0 Å². The lowest BCUT2D eigenvalue weighted by Gasteiger charge is -2.00. The number of sulfone groups is 1. The quantitative estimate of drug-likeness (QED) is 0.771. The Morgan fingerprint density at radius 2 is 1.80 bits per heavy atom. The van der Waals surface area contributed by atoms with E-state index in [2.05, 4.69) is 9.68 Å². The second kappa shape index (κ2) is 3.39. The molecule has 2 N–H and O–H groups in total. The van der Waals surface area contributed by atoms with Crippen LogP contribution >= 0.6 is 0 Å². The van der Waals surface area contributed by atoms with Gasteiger partial charge >= 0.3 is 0 Å². The summed E-state index contributed by atoms with van der Waals surface area (Å²) < 4.78 is 28.2. The summed E-state index contributed by atoms with van der Waals surface area (Å²) in [5, 5.41) is 3.29. The molecule has 0 radical (unpaired) electrons. The van der Waals surface area contributed by atoms with E-state index in [0.717, 1.165) is 0 Å². The Hall–Kier alpha value is -1.82. The summed E-state index contributed by atoms with van der Waals surface area (Å²) in [6.07, 6.45) is 1.21. The number of nitrogens with two attached hydrogens (primary N) is 1. The molecule has 0 unspecified atom stereocenters. The number of aromatic nitrogens is 1. The van der Waals surface area contributed by atoms with Gasteiger partial charge in [-0.1, -0.05) is 5.16 Å². The molecular weight excluding hydrogens is 216 g/mol. The first-order chi connectivity index (χ1) is 7.10. The summed E-state index contributed by atoms with van der Waals surface area (Å²) in [7, 11) is -3.57. The normalized spacial score (nSPS) is 11.5. The van der Waals surface area contributed by atoms with Gasteiger partial charge in [-0.15, -0.1) is 0 Å². The van der Waals surface area contributed by atoms with E-state index in [1.807, 2.05) is 0 Å². The first kappa shape index (κ1) is 9.72. The minimum Gasteiger partial charge on any atom is -0.399 e. The third kappa shape index (κ3) is 1.71. The maximum atomic E-state index is 11.8. The van der Waals surface area contributed by atoms with Crippen LogP contribution in [0.2, 0.25) is 0 Å². The number of nitrogens with zero attached hydrogens (tertiary/aromatic N) is 1. The van der Waals surface area contributed by atoms with Gasteiger partial charge in [-0.05, 0) is 24.3 Å². The number of nitrogen functional groups attached to an aromatic ring is 1. The standard InChI is InChI=1S/C9H8N2O3S/c10-7-1-3-8(4-2-7)15(12,13)9-5-6-14-11-9/h1-6H,10H2. The molecule has 0 aliphatic carbocycles. The number of hydrogen-bond donors (Lipinski definition) is 1. The Labute approximate surface area is 86.4 Å². The largest absolute Gasteiger partial charge is 0.399 e. The van der Waals surface area contributed by atoms with Crippen molar-refractivity contribution in [2.75, 3.05) is 5.73 Å². The van der Waals surface area contributed by atoms with Gasteiger partial charge in [0, 0.05) is 11.8 Å². The second-order valence-corrected chi connectivity index (χ2v) is 4.81. The molecule has 78 valence electrons. The lowest BCUT2D eigenvalue weighted by atomic mass is 10.3. The number of hydrogen-bond acceptors (Lipinski definition) is 5. The maximum Gasteiger partial charge on any atom is 0.227 e. The van der Waals surface area contributed by atoms with Crippen molar-refractivity contribution in [1.29, 1.82) is 0 Å². The van der Waals surface area contributed by atoms with Gasteiger partial charge in [0.25, 0.3) is 0 Å². The van der Waals surface area contributed by atoms with Crippen molar-refractivity contribution in [1.82, 2.24) is 5.16 Å². The summed E-state index contributed by atoms with van der Waals surface area (Å²) in [4.78, 5) is 0.144. The van der Waals surface area contributed by atoms with Gasteiger partial charge in [0.05, 0.1) is 4.90 Å². The van der Waals surface area contributed by atoms with Crippen LogP contribution in [0, 0.1) is 0 Å². The van der Waals surface area contributed by atoms with Crippen molar-refractivity contribution in [3.63, 3.8) is 0 Å². The van der Waals surface area contributed by atoms with Gasteiger partial charge in [0.2, 0.25) is 14.9 Å². The van der Waals surface area contributed by atoms with Crippen molar-refractivity contribution >= 4 is 15.5 Å². The smallest absolute Gasteiger partial charge is 0.227 e. The molecule has 0 aliphatic rings. The Morgan fingerprint density at radius 3 is 2.33 bits per heavy atom. The molecule has 0 fully saturated rings. The molecule has 0 spiro atoms. The van der Waals surface area contributed by atoms with Crippen molar-refractivity contribution in [3.8, 4) is 0 Å². The Kier molecular flexibility index (Phi) is 2.20. The molecule has 6 heteroatoms. The van der Waals surface area contributed by atoms with Gasteiger partial charge in [-0.2, -0.15) is 0 Å². The summed E-state index contributed by atoms with van der Waals surface area (Å²) in [5.41, 5.74) is 5.97. The average Bonchev–Trinajstić information content (AvgIpc) is 2.71. The fraction of sp³-hybridized carbons (Fsp3) is 0. The van der Waals surface area contributed by atoms with Crippen LogP contribution in [-0.2, 0) is 9.84 Å². The van der Waals surface area contributed by atoms with Gasteiger partial charge in [0.15, 0.2) is 0 Å². The lowest BCUT2D eigenvalue weighted by molar-refractivity contribution is 0.400. The fourth-order valence-electron chi connectivity index (χ4n) is 1.11. The summed E-state index contributed by atoms with van der Waals surface area (Å²) >= 11 is 0. The van der Waals surface area contributed by atoms with Crippen LogP contribution in [0.1, 0.15) is 0 Å². The van der Waals surface area contributed by atoms with E-state index in [1.165, 1.54) is 36.6 Å². The van der Waals surface area contributed by atoms with E-state index in [4.69, 9.17) is 5.73 Å². The van der Waals surface area contributed by atoms with E-state index in [9.17, 15) is 8.42 Å². The highest BCUT2D eigenvalue weighted by atomic mass is 32.2. The summed E-state index contributed by atoms with van der Waals surface area (Å²) in [6, 6.07) is 7.20. The van der Waals surface area contributed by atoms with E-state index < -0.39 is 9.84 Å². The minimum absolute atomic E-state index is 0.104. The van der Waals surface area contributed by atoms with Gasteiger partial charge in [-0.3, -0.25) is 0 Å². The molecule has 0 amide bonds. The molecule has 2 rings (SSSR count). The SMILES string of the molecule is Nc1ccc(S(=O)(=O)c2ccon2)cc1. The van der Waals surface area contributed by atoms with E-state index in [1.54, 1.807) is 0 Å². The summed E-state index contributed by atoms with van der Waals surface area (Å²) in [5.74, 6) is 0. The molecule has 0 aliphatic heterocycles. The molecule has 0 bridgehead atoms. The zero-order chi connectivity index (χ0) is 10.9. The molecule has 1 heterocycles. The van der Waals surface area contributed by atoms with Crippen molar-refractivity contribution < 1.29 is 12.9 Å². The molecular formula is C9H8N2O3S. The molecule has 5 nitrogen and oxygen atoms in total. The van der Waals surface area contributed by atoms with Crippen molar-refractivity contribution in [2.45, 2.75) is 9.92 Å². The number of benzene rings is 1.